The summed E-state index contributed by atoms with van der Waals surface area (Å²) in [5.74, 6) is 0. The largest absolute Gasteiger partial charge is 0.435 e. The van der Waals surface area contributed by atoms with Crippen molar-refractivity contribution in [1.29, 1.82) is 0 Å². The predicted octanol–water partition coefficient (Wildman–Crippen LogP) is 2.45. The molecule has 114 valence electrons. The minimum Gasteiger partial charge on any atom is -0.372 e. The average molecular weight is 291 g/mol. The number of hydrogen-bond donors (Lipinski definition) is 1. The number of hydrogen-bond acceptors (Lipinski definition) is 3. The number of nitrogens with one attached hydrogen (secondary N) is 1. The summed E-state index contributed by atoms with van der Waals surface area (Å²) in [5, 5.41) is 6.83. The van der Waals surface area contributed by atoms with Gasteiger partial charge in [-0.15, -0.1) is 0 Å². The second kappa shape index (κ2) is 6.58. The fraction of sp³-hybridized carbons (Fsp3) is 0.769. The van der Waals surface area contributed by atoms with Gasteiger partial charge < -0.3 is 10.1 Å². The summed E-state index contributed by atoms with van der Waals surface area (Å²) in [5.41, 5.74) is -0.850. The second-order valence-electron chi connectivity index (χ2n) is 5.08. The van der Waals surface area contributed by atoms with E-state index in [0.29, 0.717) is 6.54 Å². The summed E-state index contributed by atoms with van der Waals surface area (Å²) in [6, 6.07) is 0.995. The summed E-state index contributed by atoms with van der Waals surface area (Å²) in [7, 11) is 0. The Labute approximate surface area is 116 Å². The van der Waals surface area contributed by atoms with Crippen molar-refractivity contribution in [2.75, 3.05) is 13.1 Å². The van der Waals surface area contributed by atoms with E-state index in [1.54, 1.807) is 0 Å². The Bertz CT molecular complexity index is 419. The van der Waals surface area contributed by atoms with Gasteiger partial charge in [-0.2, -0.15) is 18.3 Å². The molecule has 2 rings (SSSR count). The molecule has 1 fully saturated rings. The Morgan fingerprint density at radius 1 is 1.40 bits per heavy atom. The quantitative estimate of drug-likeness (QED) is 0.818. The van der Waals surface area contributed by atoms with Crippen LogP contribution in [0.1, 0.15) is 31.9 Å². The van der Waals surface area contributed by atoms with E-state index >= 15 is 0 Å². The lowest BCUT2D eigenvalue weighted by Crippen LogP contribution is -2.28. The van der Waals surface area contributed by atoms with Crippen LogP contribution in [0.4, 0.5) is 13.2 Å². The van der Waals surface area contributed by atoms with Gasteiger partial charge in [-0.1, -0.05) is 6.92 Å². The fourth-order valence-electron chi connectivity index (χ4n) is 2.33. The third-order valence-corrected chi connectivity index (χ3v) is 3.32. The summed E-state index contributed by atoms with van der Waals surface area (Å²) in [4.78, 5) is 0. The first kappa shape index (κ1) is 15.3. The lowest BCUT2D eigenvalue weighted by Gasteiger charge is -2.14. The zero-order valence-corrected chi connectivity index (χ0v) is 11.5. The highest BCUT2D eigenvalue weighted by molar-refractivity contribution is 5.03. The molecule has 0 aromatic carbocycles. The lowest BCUT2D eigenvalue weighted by atomic mass is 10.2. The SMILES string of the molecule is CCCNCC1CCC(Cn2ccc(C(F)(F)F)n2)O1. The van der Waals surface area contributed by atoms with E-state index in [4.69, 9.17) is 4.74 Å². The maximum Gasteiger partial charge on any atom is 0.435 e. The molecule has 0 radical (unpaired) electrons. The molecule has 1 aromatic rings. The first-order valence-electron chi connectivity index (χ1n) is 6.96. The Morgan fingerprint density at radius 2 is 2.15 bits per heavy atom. The molecule has 0 saturated carbocycles. The van der Waals surface area contributed by atoms with Crippen molar-refractivity contribution in [2.24, 2.45) is 0 Å². The molecule has 1 N–H and O–H groups in total. The molecule has 0 amide bonds. The topological polar surface area (TPSA) is 39.1 Å². The number of rotatable bonds is 6. The summed E-state index contributed by atoms with van der Waals surface area (Å²) < 4.78 is 44.4. The van der Waals surface area contributed by atoms with E-state index in [1.165, 1.54) is 10.9 Å². The molecular weight excluding hydrogens is 271 g/mol. The molecule has 0 aliphatic carbocycles. The summed E-state index contributed by atoms with van der Waals surface area (Å²) in [6.07, 6.45) is -0.0462. The third kappa shape index (κ3) is 4.21. The van der Waals surface area contributed by atoms with Gasteiger partial charge in [0.05, 0.1) is 18.8 Å². The highest BCUT2D eigenvalue weighted by atomic mass is 19.4. The normalized spacial score (nSPS) is 23.4. The van der Waals surface area contributed by atoms with Gasteiger partial charge in [-0.05, 0) is 31.9 Å². The van der Waals surface area contributed by atoms with E-state index < -0.39 is 11.9 Å². The number of aromatic nitrogens is 2. The Morgan fingerprint density at radius 3 is 2.80 bits per heavy atom. The highest BCUT2D eigenvalue weighted by Gasteiger charge is 2.34. The maximum absolute atomic E-state index is 12.4. The van der Waals surface area contributed by atoms with Crippen molar-refractivity contribution < 1.29 is 17.9 Å². The summed E-state index contributed by atoms with van der Waals surface area (Å²) in [6.45, 7) is 4.23. The van der Waals surface area contributed by atoms with E-state index in [0.717, 1.165) is 38.4 Å². The molecule has 0 spiro atoms. The van der Waals surface area contributed by atoms with Crippen LogP contribution in [0.5, 0.6) is 0 Å². The van der Waals surface area contributed by atoms with E-state index in [1.807, 2.05) is 0 Å². The van der Waals surface area contributed by atoms with Crippen LogP contribution in [-0.2, 0) is 17.5 Å². The van der Waals surface area contributed by atoms with Crippen molar-refractivity contribution in [2.45, 2.75) is 51.1 Å². The van der Waals surface area contributed by atoms with Gasteiger partial charge in [0, 0.05) is 12.7 Å². The standard InChI is InChI=1S/C13H20F3N3O/c1-2-6-17-8-10-3-4-11(20-10)9-19-7-5-12(18-19)13(14,15)16/h5,7,10-11,17H,2-4,6,8-9H2,1H3. The monoisotopic (exact) mass is 291 g/mol. The van der Waals surface area contributed by atoms with Crippen molar-refractivity contribution in [3.05, 3.63) is 18.0 Å². The number of ether oxygens (including phenoxy) is 1. The number of nitrogens with zero attached hydrogens (tertiary/aromatic N) is 2. The Hall–Kier alpha value is -1.08. The van der Waals surface area contributed by atoms with Crippen molar-refractivity contribution in [1.82, 2.24) is 15.1 Å². The van der Waals surface area contributed by atoms with Gasteiger partial charge in [0.25, 0.3) is 0 Å². The maximum atomic E-state index is 12.4. The van der Waals surface area contributed by atoms with Crippen LogP contribution in [0.3, 0.4) is 0 Å². The van der Waals surface area contributed by atoms with Crippen molar-refractivity contribution in [3.63, 3.8) is 0 Å². The zero-order valence-electron chi connectivity index (χ0n) is 11.5. The van der Waals surface area contributed by atoms with Crippen LogP contribution in [0.2, 0.25) is 0 Å². The van der Waals surface area contributed by atoms with Crippen LogP contribution >= 0.6 is 0 Å². The Balaban J connectivity index is 1.79. The van der Waals surface area contributed by atoms with Gasteiger partial charge in [-0.25, -0.2) is 0 Å². The molecule has 1 saturated heterocycles. The number of halogens is 3. The van der Waals surface area contributed by atoms with Crippen LogP contribution < -0.4 is 5.32 Å². The molecule has 2 unspecified atom stereocenters. The summed E-state index contributed by atoms with van der Waals surface area (Å²) >= 11 is 0. The van der Waals surface area contributed by atoms with E-state index in [-0.39, 0.29) is 12.2 Å². The van der Waals surface area contributed by atoms with Gasteiger partial charge in [0.2, 0.25) is 0 Å². The molecule has 1 aliphatic heterocycles. The van der Waals surface area contributed by atoms with Crippen molar-refractivity contribution >= 4 is 0 Å². The molecular formula is C13H20F3N3O. The smallest absolute Gasteiger partial charge is 0.372 e. The number of alkyl halides is 3. The van der Waals surface area contributed by atoms with Gasteiger partial charge >= 0.3 is 6.18 Å². The Kier molecular flexibility index (Phi) is 5.04. The van der Waals surface area contributed by atoms with Crippen LogP contribution in [0.15, 0.2) is 12.3 Å². The molecule has 0 bridgehead atoms. The molecule has 20 heavy (non-hydrogen) atoms. The van der Waals surface area contributed by atoms with Crippen LogP contribution in [0.25, 0.3) is 0 Å². The molecule has 1 aromatic heterocycles. The molecule has 1 aliphatic rings. The second-order valence-corrected chi connectivity index (χ2v) is 5.08. The average Bonchev–Trinajstić information content (AvgIpc) is 2.99. The predicted molar refractivity (Wildman–Crippen MR) is 68.3 cm³/mol. The first-order valence-corrected chi connectivity index (χ1v) is 6.96. The third-order valence-electron chi connectivity index (χ3n) is 3.32. The zero-order chi connectivity index (χ0) is 14.6. The van der Waals surface area contributed by atoms with Gasteiger partial charge in [-0.3, -0.25) is 4.68 Å². The van der Waals surface area contributed by atoms with E-state index in [9.17, 15) is 13.2 Å². The molecule has 2 atom stereocenters. The molecule has 4 nitrogen and oxygen atoms in total. The van der Waals surface area contributed by atoms with Crippen LogP contribution in [0, 0.1) is 0 Å². The van der Waals surface area contributed by atoms with Crippen molar-refractivity contribution in [3.8, 4) is 0 Å². The van der Waals surface area contributed by atoms with E-state index in [2.05, 4.69) is 17.3 Å². The molecule has 2 heterocycles. The first-order chi connectivity index (χ1) is 9.49. The van der Waals surface area contributed by atoms with Crippen LogP contribution in [-0.4, -0.2) is 35.1 Å². The lowest BCUT2D eigenvalue weighted by molar-refractivity contribution is -0.141. The minimum atomic E-state index is -4.38. The molecule has 7 heteroatoms. The van der Waals surface area contributed by atoms with Gasteiger partial charge in [0.1, 0.15) is 0 Å². The van der Waals surface area contributed by atoms with Gasteiger partial charge in [0.15, 0.2) is 5.69 Å². The minimum absolute atomic E-state index is 0.0515. The highest BCUT2D eigenvalue weighted by Crippen LogP contribution is 2.27. The fourth-order valence-corrected chi connectivity index (χ4v) is 2.33.